The Bertz CT molecular complexity index is 731. The Hall–Kier alpha value is -2.42. The topological polar surface area (TPSA) is 51.8 Å². The zero-order valence-electron chi connectivity index (χ0n) is 11.7. The lowest BCUT2D eigenvalue weighted by atomic mass is 9.97. The summed E-state index contributed by atoms with van der Waals surface area (Å²) >= 11 is 0. The van der Waals surface area contributed by atoms with E-state index in [1.807, 2.05) is 30.9 Å². The minimum atomic E-state index is 0.542. The molecule has 21 heavy (non-hydrogen) atoms. The summed E-state index contributed by atoms with van der Waals surface area (Å²) in [6, 6.07) is 6.26. The van der Waals surface area contributed by atoms with E-state index in [0.717, 1.165) is 12.1 Å². The van der Waals surface area contributed by atoms with Gasteiger partial charge < -0.3 is 5.73 Å². The van der Waals surface area contributed by atoms with Crippen molar-refractivity contribution in [3.63, 3.8) is 0 Å². The van der Waals surface area contributed by atoms with E-state index in [2.05, 4.69) is 34.3 Å². The summed E-state index contributed by atoms with van der Waals surface area (Å²) in [5.74, 6) is 1.13. The fourth-order valence-corrected chi connectivity index (χ4v) is 3.26. The highest BCUT2D eigenvalue weighted by Gasteiger charge is 2.42. The van der Waals surface area contributed by atoms with Crippen LogP contribution < -0.4 is 5.73 Å². The molecular formula is C18H17N3. The first-order valence-corrected chi connectivity index (χ1v) is 7.33. The normalized spacial score (nSPS) is 23.6. The largest absolute Gasteiger partial charge is 0.399 e. The third-order valence-corrected chi connectivity index (χ3v) is 4.41. The molecule has 104 valence electrons. The molecule has 0 radical (unpaired) electrons. The van der Waals surface area contributed by atoms with Crippen LogP contribution in [-0.4, -0.2) is 9.97 Å². The molecule has 0 spiro atoms. The van der Waals surface area contributed by atoms with Crippen molar-refractivity contribution in [2.24, 2.45) is 11.7 Å². The quantitative estimate of drug-likeness (QED) is 0.870. The molecule has 0 aliphatic heterocycles. The second kappa shape index (κ2) is 4.85. The molecule has 1 fully saturated rings. The predicted molar refractivity (Wildman–Crippen MR) is 83.3 cm³/mol. The molecule has 2 atom stereocenters. The van der Waals surface area contributed by atoms with Crippen LogP contribution in [0.3, 0.4) is 0 Å². The number of nitrogens with two attached hydrogens (primary N) is 1. The Kier molecular flexibility index (Phi) is 2.85. The van der Waals surface area contributed by atoms with Crippen molar-refractivity contribution in [1.29, 1.82) is 0 Å². The smallest absolute Gasteiger partial charge is 0.0343 e. The molecule has 1 saturated carbocycles. The second-order valence-corrected chi connectivity index (χ2v) is 5.77. The lowest BCUT2D eigenvalue weighted by molar-refractivity contribution is 0.987. The Balaban J connectivity index is 1.80. The van der Waals surface area contributed by atoms with Crippen molar-refractivity contribution in [3.8, 4) is 0 Å². The molecule has 4 rings (SSSR count). The molecule has 3 nitrogen and oxygen atoms in total. The number of pyridine rings is 2. The average Bonchev–Trinajstić information content (AvgIpc) is 3.31. The third-order valence-electron chi connectivity index (χ3n) is 4.41. The van der Waals surface area contributed by atoms with Gasteiger partial charge in [-0.15, -0.1) is 0 Å². The first-order chi connectivity index (χ1) is 10.3. The van der Waals surface area contributed by atoms with E-state index in [-0.39, 0.29) is 0 Å². The van der Waals surface area contributed by atoms with E-state index in [0.29, 0.717) is 11.8 Å². The van der Waals surface area contributed by atoms with Crippen LogP contribution in [0.2, 0.25) is 0 Å². The van der Waals surface area contributed by atoms with Crippen molar-refractivity contribution in [3.05, 3.63) is 77.5 Å². The minimum absolute atomic E-state index is 0.542. The predicted octanol–water partition coefficient (Wildman–Crippen LogP) is 3.06. The van der Waals surface area contributed by atoms with Crippen LogP contribution >= 0.6 is 0 Å². The van der Waals surface area contributed by atoms with E-state index in [4.69, 9.17) is 5.73 Å². The highest BCUT2D eigenvalue weighted by atomic mass is 14.6. The molecule has 2 aromatic rings. The Morgan fingerprint density at radius 2 is 1.95 bits per heavy atom. The van der Waals surface area contributed by atoms with Gasteiger partial charge in [0, 0.05) is 30.5 Å². The van der Waals surface area contributed by atoms with Gasteiger partial charge in [-0.25, -0.2) is 0 Å². The maximum Gasteiger partial charge on any atom is 0.0343 e. The molecule has 0 bridgehead atoms. The van der Waals surface area contributed by atoms with Gasteiger partial charge in [-0.2, -0.15) is 0 Å². The standard InChI is InChI=1S/C18H17N3/c19-14-4-3-13-11-21-7-5-15(13)17-9-18(17)16(8-14)12-2-1-6-20-10-12/h1-2,4-8,10-11,17-18H,3,9,19H2. The molecule has 3 heteroatoms. The van der Waals surface area contributed by atoms with Gasteiger partial charge in [0.1, 0.15) is 0 Å². The third kappa shape index (κ3) is 2.25. The van der Waals surface area contributed by atoms with Crippen molar-refractivity contribution < 1.29 is 0 Å². The van der Waals surface area contributed by atoms with Gasteiger partial charge >= 0.3 is 0 Å². The van der Waals surface area contributed by atoms with Crippen molar-refractivity contribution >= 4 is 5.57 Å². The van der Waals surface area contributed by atoms with Crippen LogP contribution in [-0.2, 0) is 6.42 Å². The fourth-order valence-electron chi connectivity index (χ4n) is 3.26. The highest BCUT2D eigenvalue weighted by molar-refractivity contribution is 5.73. The first kappa shape index (κ1) is 12.3. The number of allylic oxidation sites excluding steroid dienone is 3. The molecule has 2 N–H and O–H groups in total. The fraction of sp³-hybridized carbons (Fsp3) is 0.222. The highest BCUT2D eigenvalue weighted by Crippen LogP contribution is 2.55. The average molecular weight is 275 g/mol. The number of rotatable bonds is 1. The van der Waals surface area contributed by atoms with E-state index in [1.165, 1.54) is 28.7 Å². The minimum Gasteiger partial charge on any atom is -0.399 e. The van der Waals surface area contributed by atoms with Gasteiger partial charge in [0.15, 0.2) is 0 Å². The van der Waals surface area contributed by atoms with Gasteiger partial charge in [-0.05, 0) is 65.1 Å². The summed E-state index contributed by atoms with van der Waals surface area (Å²) in [6.45, 7) is 0. The van der Waals surface area contributed by atoms with Gasteiger partial charge in [-0.3, -0.25) is 9.97 Å². The molecule has 0 saturated heterocycles. The van der Waals surface area contributed by atoms with E-state index < -0.39 is 0 Å². The van der Waals surface area contributed by atoms with Crippen molar-refractivity contribution in [2.75, 3.05) is 0 Å². The maximum atomic E-state index is 6.18. The van der Waals surface area contributed by atoms with E-state index in [1.54, 1.807) is 0 Å². The maximum absolute atomic E-state index is 6.18. The molecule has 2 unspecified atom stereocenters. The number of fused-ring (bicyclic) bond motifs is 3. The molecular weight excluding hydrogens is 258 g/mol. The van der Waals surface area contributed by atoms with Gasteiger partial charge in [0.2, 0.25) is 0 Å². The second-order valence-electron chi connectivity index (χ2n) is 5.77. The molecule has 2 aromatic heterocycles. The van der Waals surface area contributed by atoms with E-state index >= 15 is 0 Å². The SMILES string of the molecule is NC1=CCc2cnccc2C2CC2C(c2cccnc2)=C1. The summed E-state index contributed by atoms with van der Waals surface area (Å²) in [5, 5.41) is 0. The summed E-state index contributed by atoms with van der Waals surface area (Å²) in [7, 11) is 0. The first-order valence-electron chi connectivity index (χ1n) is 7.33. The van der Waals surface area contributed by atoms with Crippen molar-refractivity contribution in [2.45, 2.75) is 18.8 Å². The summed E-state index contributed by atoms with van der Waals surface area (Å²) < 4.78 is 0. The van der Waals surface area contributed by atoms with Crippen molar-refractivity contribution in [1.82, 2.24) is 9.97 Å². The summed E-state index contributed by atoms with van der Waals surface area (Å²) in [6.07, 6.45) is 13.9. The van der Waals surface area contributed by atoms with Gasteiger partial charge in [0.05, 0.1) is 0 Å². The monoisotopic (exact) mass is 275 g/mol. The summed E-state index contributed by atoms with van der Waals surface area (Å²) in [4.78, 5) is 8.51. The summed E-state index contributed by atoms with van der Waals surface area (Å²) in [5.41, 5.74) is 12.2. The van der Waals surface area contributed by atoms with Gasteiger partial charge in [-0.1, -0.05) is 12.1 Å². The number of aromatic nitrogens is 2. The molecule has 2 aliphatic carbocycles. The van der Waals surface area contributed by atoms with Crippen LogP contribution in [0, 0.1) is 5.92 Å². The Labute approximate surface area is 124 Å². The van der Waals surface area contributed by atoms with Crippen LogP contribution in [0.5, 0.6) is 0 Å². The Morgan fingerprint density at radius 1 is 1.05 bits per heavy atom. The number of nitrogens with zero attached hydrogens (tertiary/aromatic N) is 2. The van der Waals surface area contributed by atoms with Crippen LogP contribution in [0.15, 0.2) is 60.8 Å². The van der Waals surface area contributed by atoms with Gasteiger partial charge in [0.25, 0.3) is 0 Å². The molecule has 2 heterocycles. The molecule has 2 aliphatic rings. The van der Waals surface area contributed by atoms with E-state index in [9.17, 15) is 0 Å². The molecule has 0 aromatic carbocycles. The Morgan fingerprint density at radius 3 is 2.81 bits per heavy atom. The van der Waals surface area contributed by atoms with Crippen LogP contribution in [0.1, 0.15) is 29.0 Å². The van der Waals surface area contributed by atoms with Crippen LogP contribution in [0.25, 0.3) is 5.57 Å². The van der Waals surface area contributed by atoms with Crippen LogP contribution in [0.4, 0.5) is 0 Å². The number of hydrogen-bond acceptors (Lipinski definition) is 3. The molecule has 0 amide bonds. The number of hydrogen-bond donors (Lipinski definition) is 1. The zero-order chi connectivity index (χ0) is 14.2. The lowest BCUT2D eigenvalue weighted by Crippen LogP contribution is -1.97. The zero-order valence-corrected chi connectivity index (χ0v) is 11.7. The lowest BCUT2D eigenvalue weighted by Gasteiger charge is -2.08.